The lowest BCUT2D eigenvalue weighted by Crippen LogP contribution is -2.33. The Morgan fingerprint density at radius 3 is 2.62 bits per heavy atom. The van der Waals surface area contributed by atoms with Crippen LogP contribution in [0.15, 0.2) is 42.5 Å². The number of halogens is 1. The summed E-state index contributed by atoms with van der Waals surface area (Å²) in [6.45, 7) is 4.48. The van der Waals surface area contributed by atoms with Crippen molar-refractivity contribution in [3.63, 3.8) is 0 Å². The highest BCUT2D eigenvalue weighted by atomic mass is 35.5. The molecule has 0 unspecified atom stereocenters. The molecule has 0 saturated carbocycles. The molecule has 5 heteroatoms. The summed E-state index contributed by atoms with van der Waals surface area (Å²) in [5, 5.41) is 7.63. The molecule has 1 aliphatic heterocycles. The maximum Gasteiger partial charge on any atom is 0.163 e. The van der Waals surface area contributed by atoms with Crippen LogP contribution in [0.2, 0.25) is 5.02 Å². The lowest BCUT2D eigenvalue weighted by Gasteiger charge is -2.23. The topological polar surface area (TPSA) is 42.5 Å². The minimum atomic E-state index is 0.487. The van der Waals surface area contributed by atoms with E-state index < -0.39 is 0 Å². The van der Waals surface area contributed by atoms with Gasteiger partial charge in [0.15, 0.2) is 11.5 Å². The molecule has 26 heavy (non-hydrogen) atoms. The average Bonchev–Trinajstić information content (AvgIpc) is 2.69. The van der Waals surface area contributed by atoms with Gasteiger partial charge in [-0.05, 0) is 55.6 Å². The second-order valence-corrected chi connectivity index (χ2v) is 7.10. The Kier molecular flexibility index (Phi) is 7.18. The fourth-order valence-electron chi connectivity index (χ4n) is 3.22. The summed E-state index contributed by atoms with van der Waals surface area (Å²) in [6.07, 6.45) is 2.46. The van der Waals surface area contributed by atoms with Crippen LogP contribution in [0.1, 0.15) is 24.0 Å². The van der Waals surface area contributed by atoms with Crippen LogP contribution < -0.4 is 20.1 Å². The van der Waals surface area contributed by atoms with Crippen LogP contribution in [0, 0.1) is 5.92 Å². The number of nitrogens with one attached hydrogen (secondary N) is 2. The molecular weight excluding hydrogens is 348 g/mol. The van der Waals surface area contributed by atoms with Gasteiger partial charge in [0.05, 0.1) is 7.11 Å². The number of hydrogen-bond donors (Lipinski definition) is 2. The van der Waals surface area contributed by atoms with Crippen LogP contribution in [0.25, 0.3) is 0 Å². The first kappa shape index (κ1) is 19.0. The van der Waals surface area contributed by atoms with E-state index in [1.165, 1.54) is 12.8 Å². The molecule has 0 aliphatic carbocycles. The van der Waals surface area contributed by atoms with E-state index in [4.69, 9.17) is 21.1 Å². The molecule has 4 nitrogen and oxygen atoms in total. The van der Waals surface area contributed by atoms with E-state index in [0.29, 0.717) is 23.1 Å². The van der Waals surface area contributed by atoms with Gasteiger partial charge in [0.2, 0.25) is 0 Å². The number of piperidine rings is 1. The predicted molar refractivity (Wildman–Crippen MR) is 106 cm³/mol. The number of rotatable bonds is 8. The van der Waals surface area contributed by atoms with Gasteiger partial charge in [0, 0.05) is 17.6 Å². The molecule has 0 aromatic heterocycles. The molecule has 1 fully saturated rings. The Labute approximate surface area is 160 Å². The standard InChI is InChI=1S/C21H27ClN2O2/c1-25-20-11-18(14-24-13-16-7-9-23-10-8-16)19(22)12-21(20)26-15-17-5-3-2-4-6-17/h2-6,11-12,16,23-24H,7-10,13-15H2,1H3. The zero-order valence-corrected chi connectivity index (χ0v) is 16.0. The van der Waals surface area contributed by atoms with Crippen molar-refractivity contribution in [2.75, 3.05) is 26.7 Å². The van der Waals surface area contributed by atoms with E-state index in [9.17, 15) is 0 Å². The molecule has 0 atom stereocenters. The van der Waals surface area contributed by atoms with E-state index in [1.807, 2.05) is 42.5 Å². The van der Waals surface area contributed by atoms with Gasteiger partial charge < -0.3 is 20.1 Å². The molecule has 1 saturated heterocycles. The summed E-state index contributed by atoms with van der Waals surface area (Å²) < 4.78 is 11.4. The van der Waals surface area contributed by atoms with Crippen molar-refractivity contribution in [2.45, 2.75) is 26.0 Å². The summed E-state index contributed by atoms with van der Waals surface area (Å²) in [5.74, 6) is 2.12. The van der Waals surface area contributed by atoms with Gasteiger partial charge >= 0.3 is 0 Å². The van der Waals surface area contributed by atoms with Gasteiger partial charge in [0.1, 0.15) is 6.61 Å². The molecule has 1 aliphatic rings. The highest BCUT2D eigenvalue weighted by molar-refractivity contribution is 6.31. The summed E-state index contributed by atoms with van der Waals surface area (Å²) in [7, 11) is 1.66. The van der Waals surface area contributed by atoms with Crippen molar-refractivity contribution in [1.82, 2.24) is 10.6 Å². The second-order valence-electron chi connectivity index (χ2n) is 6.69. The van der Waals surface area contributed by atoms with Crippen LogP contribution in [-0.4, -0.2) is 26.7 Å². The third-order valence-electron chi connectivity index (χ3n) is 4.78. The molecule has 3 rings (SSSR count). The summed E-state index contributed by atoms with van der Waals surface area (Å²) in [6, 6.07) is 13.9. The Morgan fingerprint density at radius 1 is 1.12 bits per heavy atom. The first-order chi connectivity index (χ1) is 12.8. The number of hydrogen-bond acceptors (Lipinski definition) is 4. The Balaban J connectivity index is 1.58. The molecule has 2 N–H and O–H groups in total. The molecule has 0 spiro atoms. The fourth-order valence-corrected chi connectivity index (χ4v) is 3.44. The van der Waals surface area contributed by atoms with Crippen LogP contribution in [0.4, 0.5) is 0 Å². The van der Waals surface area contributed by atoms with Crippen molar-refractivity contribution in [3.05, 3.63) is 58.6 Å². The molecule has 0 radical (unpaired) electrons. The van der Waals surface area contributed by atoms with Gasteiger partial charge in [0.25, 0.3) is 0 Å². The highest BCUT2D eigenvalue weighted by Gasteiger charge is 2.14. The van der Waals surface area contributed by atoms with Gasteiger partial charge in [-0.25, -0.2) is 0 Å². The first-order valence-corrected chi connectivity index (χ1v) is 9.58. The number of benzene rings is 2. The Hall–Kier alpha value is -1.75. The van der Waals surface area contributed by atoms with Crippen LogP contribution in [0.3, 0.4) is 0 Å². The van der Waals surface area contributed by atoms with Crippen molar-refractivity contribution in [3.8, 4) is 11.5 Å². The van der Waals surface area contributed by atoms with Crippen LogP contribution in [-0.2, 0) is 13.2 Å². The third kappa shape index (κ3) is 5.37. The van der Waals surface area contributed by atoms with E-state index in [2.05, 4.69) is 10.6 Å². The van der Waals surface area contributed by atoms with Crippen molar-refractivity contribution >= 4 is 11.6 Å². The molecular formula is C21H27ClN2O2. The maximum atomic E-state index is 6.48. The highest BCUT2D eigenvalue weighted by Crippen LogP contribution is 2.34. The molecule has 140 valence electrons. The molecule has 1 heterocycles. The van der Waals surface area contributed by atoms with Crippen molar-refractivity contribution in [1.29, 1.82) is 0 Å². The van der Waals surface area contributed by atoms with Gasteiger partial charge in [-0.1, -0.05) is 41.9 Å². The number of methoxy groups -OCH3 is 1. The zero-order valence-electron chi connectivity index (χ0n) is 15.3. The lowest BCUT2D eigenvalue weighted by atomic mass is 9.98. The Bertz CT molecular complexity index is 688. The monoisotopic (exact) mass is 374 g/mol. The SMILES string of the molecule is COc1cc(CNCC2CCNCC2)c(Cl)cc1OCc1ccccc1. The molecule has 2 aromatic carbocycles. The normalized spacial score (nSPS) is 15.0. The molecule has 0 amide bonds. The second kappa shape index (κ2) is 9.81. The van der Waals surface area contributed by atoms with Crippen molar-refractivity contribution < 1.29 is 9.47 Å². The van der Waals surface area contributed by atoms with E-state index >= 15 is 0 Å². The first-order valence-electron chi connectivity index (χ1n) is 9.21. The van der Waals surface area contributed by atoms with E-state index in [0.717, 1.165) is 43.2 Å². The molecule has 2 aromatic rings. The van der Waals surface area contributed by atoms with Gasteiger partial charge in [-0.15, -0.1) is 0 Å². The van der Waals surface area contributed by atoms with Crippen molar-refractivity contribution in [2.24, 2.45) is 5.92 Å². The summed E-state index contributed by atoms with van der Waals surface area (Å²) in [4.78, 5) is 0. The van der Waals surface area contributed by atoms with E-state index in [-0.39, 0.29) is 0 Å². The summed E-state index contributed by atoms with van der Waals surface area (Å²) in [5.41, 5.74) is 2.14. The number of ether oxygens (including phenoxy) is 2. The van der Waals surface area contributed by atoms with Crippen LogP contribution >= 0.6 is 11.6 Å². The fraction of sp³-hybridized carbons (Fsp3) is 0.429. The minimum Gasteiger partial charge on any atom is -0.493 e. The third-order valence-corrected chi connectivity index (χ3v) is 5.13. The summed E-state index contributed by atoms with van der Waals surface area (Å²) >= 11 is 6.48. The van der Waals surface area contributed by atoms with Crippen LogP contribution in [0.5, 0.6) is 11.5 Å². The minimum absolute atomic E-state index is 0.487. The maximum absolute atomic E-state index is 6.48. The largest absolute Gasteiger partial charge is 0.493 e. The predicted octanol–water partition coefficient (Wildman–Crippen LogP) is 4.02. The van der Waals surface area contributed by atoms with E-state index in [1.54, 1.807) is 7.11 Å². The zero-order chi connectivity index (χ0) is 18.2. The van der Waals surface area contributed by atoms with Gasteiger partial charge in [-0.2, -0.15) is 0 Å². The average molecular weight is 375 g/mol. The smallest absolute Gasteiger partial charge is 0.163 e. The molecule has 0 bridgehead atoms. The Morgan fingerprint density at radius 2 is 1.88 bits per heavy atom. The van der Waals surface area contributed by atoms with Gasteiger partial charge in [-0.3, -0.25) is 0 Å². The quantitative estimate of drug-likeness (QED) is 0.732. The lowest BCUT2D eigenvalue weighted by molar-refractivity contribution is 0.284.